The van der Waals surface area contributed by atoms with Gasteiger partial charge in [-0.3, -0.25) is 9.59 Å². The maximum Gasteiger partial charge on any atom is 0.346 e. The van der Waals surface area contributed by atoms with Crippen LogP contribution in [-0.2, 0) is 4.79 Å². The molecule has 1 aromatic rings. The van der Waals surface area contributed by atoms with Gasteiger partial charge in [0, 0.05) is 11.7 Å². The van der Waals surface area contributed by atoms with E-state index in [-0.39, 0.29) is 18.4 Å². The van der Waals surface area contributed by atoms with Gasteiger partial charge in [0.05, 0.1) is 12.0 Å². The van der Waals surface area contributed by atoms with Crippen LogP contribution < -0.4 is 11.0 Å². The molecule has 0 spiro atoms. The summed E-state index contributed by atoms with van der Waals surface area (Å²) in [4.78, 5) is 40.9. The van der Waals surface area contributed by atoms with Gasteiger partial charge < -0.3 is 15.4 Å². The van der Waals surface area contributed by atoms with E-state index in [4.69, 9.17) is 5.11 Å². The van der Waals surface area contributed by atoms with Crippen molar-refractivity contribution < 1.29 is 14.7 Å². The zero-order valence-electron chi connectivity index (χ0n) is 11.8. The molecule has 0 aromatic carbocycles. The first-order chi connectivity index (χ1) is 9.92. The summed E-state index contributed by atoms with van der Waals surface area (Å²) in [6, 6.07) is -0.379. The summed E-state index contributed by atoms with van der Waals surface area (Å²) in [5, 5.41) is 12.0. The molecule has 2 rings (SSSR count). The van der Waals surface area contributed by atoms with Crippen LogP contribution in [0.3, 0.4) is 0 Å². The second kappa shape index (κ2) is 6.30. The molecule has 7 nitrogen and oxygen atoms in total. The highest BCUT2D eigenvalue weighted by atomic mass is 32.2. The molecule has 0 radical (unpaired) electrons. The number of aromatic nitrogens is 2. The number of nitrogens with one attached hydrogen (secondary N) is 2. The fraction of sp³-hybridized carbons (Fsp3) is 0.538. The normalized spacial score (nSPS) is 15.5. The first-order valence-corrected chi connectivity index (χ1v) is 7.82. The maximum atomic E-state index is 12.4. The third-order valence-electron chi connectivity index (χ3n) is 3.41. The first kappa shape index (κ1) is 15.6. The number of carbonyl (C=O) groups is 2. The molecule has 0 aliphatic heterocycles. The van der Waals surface area contributed by atoms with Crippen molar-refractivity contribution in [3.8, 4) is 0 Å². The molecule has 21 heavy (non-hydrogen) atoms. The Kier molecular flexibility index (Phi) is 4.66. The van der Waals surface area contributed by atoms with Gasteiger partial charge in [0.2, 0.25) is 0 Å². The minimum atomic E-state index is -0.936. The van der Waals surface area contributed by atoms with Gasteiger partial charge in [0.25, 0.3) is 5.91 Å². The van der Waals surface area contributed by atoms with Crippen LogP contribution in [0.15, 0.2) is 9.82 Å². The number of carbonyl (C=O) groups excluding carboxylic acids is 1. The quantitative estimate of drug-likeness (QED) is 0.529. The second-order valence-electron chi connectivity index (χ2n) is 5.07. The van der Waals surface area contributed by atoms with Crippen LogP contribution in [0.5, 0.6) is 0 Å². The van der Waals surface area contributed by atoms with Crippen molar-refractivity contribution in [3.05, 3.63) is 21.7 Å². The van der Waals surface area contributed by atoms with Crippen molar-refractivity contribution in [3.63, 3.8) is 0 Å². The Morgan fingerprint density at radius 1 is 1.52 bits per heavy atom. The molecule has 1 saturated carbocycles. The second-order valence-corrected chi connectivity index (χ2v) is 5.86. The smallest absolute Gasteiger partial charge is 0.346 e. The predicted octanol–water partition coefficient (Wildman–Crippen LogP) is 0.783. The molecule has 1 amide bonds. The zero-order chi connectivity index (χ0) is 15.6. The molecule has 1 unspecified atom stereocenters. The third kappa shape index (κ3) is 3.84. The summed E-state index contributed by atoms with van der Waals surface area (Å²) in [7, 11) is 0. The van der Waals surface area contributed by atoms with Crippen LogP contribution in [-0.4, -0.2) is 39.2 Å². The van der Waals surface area contributed by atoms with Crippen molar-refractivity contribution in [2.75, 3.05) is 6.26 Å². The minimum absolute atomic E-state index is 0.0964. The largest absolute Gasteiger partial charge is 0.481 e. The summed E-state index contributed by atoms with van der Waals surface area (Å²) in [5.74, 6) is -1.11. The lowest BCUT2D eigenvalue weighted by Gasteiger charge is -2.17. The van der Waals surface area contributed by atoms with Crippen molar-refractivity contribution >= 4 is 23.6 Å². The number of carboxylic acids is 1. The van der Waals surface area contributed by atoms with E-state index in [2.05, 4.69) is 15.3 Å². The summed E-state index contributed by atoms with van der Waals surface area (Å²) in [6.07, 6.45) is 3.49. The van der Waals surface area contributed by atoms with E-state index in [1.807, 2.05) is 0 Å². The molecule has 1 aliphatic rings. The molecule has 1 atom stereocenters. The number of hydrogen-bond acceptors (Lipinski definition) is 5. The Hall–Kier alpha value is -1.83. The fourth-order valence-corrected chi connectivity index (χ4v) is 2.86. The summed E-state index contributed by atoms with van der Waals surface area (Å²) in [5.41, 5.74) is 0.234. The van der Waals surface area contributed by atoms with Gasteiger partial charge in [-0.1, -0.05) is 0 Å². The van der Waals surface area contributed by atoms with E-state index in [1.165, 1.54) is 11.8 Å². The van der Waals surface area contributed by atoms with E-state index >= 15 is 0 Å². The van der Waals surface area contributed by atoms with Crippen LogP contribution in [0.25, 0.3) is 0 Å². The lowest BCUT2D eigenvalue weighted by Crippen LogP contribution is -2.39. The van der Waals surface area contributed by atoms with Crippen LogP contribution in [0.4, 0.5) is 0 Å². The number of carboxylic acid groups (broad SMARTS) is 1. The minimum Gasteiger partial charge on any atom is -0.481 e. The lowest BCUT2D eigenvalue weighted by molar-refractivity contribution is -0.137. The first-order valence-electron chi connectivity index (χ1n) is 6.60. The monoisotopic (exact) mass is 311 g/mol. The van der Waals surface area contributed by atoms with Gasteiger partial charge in [-0.15, -0.1) is 11.8 Å². The Morgan fingerprint density at radius 3 is 2.71 bits per heavy atom. The summed E-state index contributed by atoms with van der Waals surface area (Å²) in [6.45, 7) is 1.63. The Labute approximate surface area is 125 Å². The number of aromatic amines is 1. The molecule has 114 valence electrons. The Bertz CT molecular complexity index is 624. The predicted molar refractivity (Wildman–Crippen MR) is 77.6 cm³/mol. The zero-order valence-corrected chi connectivity index (χ0v) is 12.6. The highest BCUT2D eigenvalue weighted by Crippen LogP contribution is 2.34. The Balaban J connectivity index is 2.23. The van der Waals surface area contributed by atoms with Crippen LogP contribution in [0.2, 0.25) is 0 Å². The van der Waals surface area contributed by atoms with Gasteiger partial charge in [-0.25, -0.2) is 4.79 Å². The molecule has 3 N–H and O–H groups in total. The average molecular weight is 311 g/mol. The number of nitrogens with zero attached hydrogens (tertiary/aromatic N) is 1. The average Bonchev–Trinajstić information content (AvgIpc) is 3.20. The number of aryl methyl sites for hydroxylation is 1. The number of hydrogen-bond donors (Lipinski definition) is 3. The molecule has 8 heteroatoms. The lowest BCUT2D eigenvalue weighted by atomic mass is 10.1. The van der Waals surface area contributed by atoms with Gasteiger partial charge in [-0.05, 0) is 31.9 Å². The SMILES string of the molecule is CSc1nc(=O)[nH]c(C)c1C(=O)NC(CC(=O)O)C1CC1. The van der Waals surface area contributed by atoms with Crippen LogP contribution in [0, 0.1) is 12.8 Å². The van der Waals surface area contributed by atoms with Gasteiger partial charge >= 0.3 is 11.7 Å². The van der Waals surface area contributed by atoms with E-state index < -0.39 is 17.6 Å². The van der Waals surface area contributed by atoms with E-state index in [0.717, 1.165) is 12.8 Å². The van der Waals surface area contributed by atoms with Gasteiger partial charge in [0.15, 0.2) is 0 Å². The number of amides is 1. The number of rotatable bonds is 6. The molecule has 1 heterocycles. The van der Waals surface area contributed by atoms with Crippen molar-refractivity contribution in [1.82, 2.24) is 15.3 Å². The third-order valence-corrected chi connectivity index (χ3v) is 4.09. The van der Waals surface area contributed by atoms with E-state index in [0.29, 0.717) is 16.3 Å². The van der Waals surface area contributed by atoms with Gasteiger partial charge in [-0.2, -0.15) is 4.98 Å². The van der Waals surface area contributed by atoms with Crippen LogP contribution in [0.1, 0.15) is 35.3 Å². The fourth-order valence-electron chi connectivity index (χ4n) is 2.24. The van der Waals surface area contributed by atoms with Crippen molar-refractivity contribution in [1.29, 1.82) is 0 Å². The van der Waals surface area contributed by atoms with Crippen molar-refractivity contribution in [2.24, 2.45) is 5.92 Å². The molecule has 0 saturated heterocycles. The molecule has 1 aromatic heterocycles. The highest BCUT2D eigenvalue weighted by molar-refractivity contribution is 7.98. The summed E-state index contributed by atoms with van der Waals surface area (Å²) < 4.78 is 0. The topological polar surface area (TPSA) is 112 Å². The summed E-state index contributed by atoms with van der Waals surface area (Å²) >= 11 is 1.21. The number of H-pyrrole nitrogens is 1. The molecule has 1 fully saturated rings. The molecular weight excluding hydrogens is 294 g/mol. The number of aliphatic carboxylic acids is 1. The number of thioether (sulfide) groups is 1. The van der Waals surface area contributed by atoms with E-state index in [9.17, 15) is 14.4 Å². The molecule has 1 aliphatic carbocycles. The standard InChI is InChI=1S/C13H17N3O4S/c1-6-10(12(21-2)16-13(20)14-6)11(19)15-8(5-9(17)18)7-3-4-7/h7-8H,3-5H2,1-2H3,(H,15,19)(H,17,18)(H,14,16,20). The van der Waals surface area contributed by atoms with Crippen molar-refractivity contribution in [2.45, 2.75) is 37.3 Å². The van der Waals surface area contributed by atoms with Crippen LogP contribution >= 0.6 is 11.8 Å². The molecule has 0 bridgehead atoms. The van der Waals surface area contributed by atoms with Gasteiger partial charge in [0.1, 0.15) is 5.03 Å². The highest BCUT2D eigenvalue weighted by Gasteiger charge is 2.34. The van der Waals surface area contributed by atoms with E-state index in [1.54, 1.807) is 13.2 Å². The Morgan fingerprint density at radius 2 is 2.19 bits per heavy atom. The maximum absolute atomic E-state index is 12.4. The molecular formula is C13H17N3O4S.